The van der Waals surface area contributed by atoms with E-state index in [0.717, 1.165) is 48.6 Å². The van der Waals surface area contributed by atoms with Crippen LogP contribution in [0, 0.1) is 5.92 Å². The summed E-state index contributed by atoms with van der Waals surface area (Å²) in [5, 5.41) is 0. The molecule has 0 heterocycles. The Balaban J connectivity index is 1.81. The van der Waals surface area contributed by atoms with Gasteiger partial charge >= 0.3 is 0 Å². The van der Waals surface area contributed by atoms with Crippen LogP contribution in [0.3, 0.4) is 0 Å². The monoisotopic (exact) mass is 329 g/mol. The zero-order chi connectivity index (χ0) is 16.9. The average Bonchev–Trinajstić information content (AvgIpc) is 2.60. The molecule has 0 N–H and O–H groups in total. The normalized spacial score (nSPS) is 24.2. The Morgan fingerprint density at radius 3 is 2.58 bits per heavy atom. The Kier molecular flexibility index (Phi) is 5.54. The topological polar surface area (TPSA) is 47.9 Å². The molecule has 1 aromatic carbocycles. The van der Waals surface area contributed by atoms with E-state index in [9.17, 15) is 4.79 Å². The number of nitrogens with zero attached hydrogens (tertiary/aromatic N) is 1. The van der Waals surface area contributed by atoms with E-state index in [4.69, 9.17) is 14.5 Å². The molecule has 1 unspecified atom stereocenters. The predicted molar refractivity (Wildman–Crippen MR) is 95.6 cm³/mol. The van der Waals surface area contributed by atoms with Crippen LogP contribution in [-0.4, -0.2) is 24.7 Å². The van der Waals surface area contributed by atoms with E-state index < -0.39 is 0 Å². The summed E-state index contributed by atoms with van der Waals surface area (Å²) < 4.78 is 11.6. The first-order chi connectivity index (χ1) is 11.7. The zero-order valence-electron chi connectivity index (χ0n) is 14.7. The Morgan fingerprint density at radius 2 is 1.83 bits per heavy atom. The molecule has 4 heteroatoms. The van der Waals surface area contributed by atoms with Gasteiger partial charge in [0.05, 0.1) is 24.8 Å². The minimum absolute atomic E-state index is 0.0661. The van der Waals surface area contributed by atoms with E-state index in [-0.39, 0.29) is 12.0 Å². The van der Waals surface area contributed by atoms with Crippen molar-refractivity contribution >= 4 is 17.2 Å². The van der Waals surface area contributed by atoms with E-state index in [0.29, 0.717) is 12.2 Å². The SMILES string of the molecule is COc1ccc(N=C2CCCC(=O)C2C)cc1OC1CCCCC1. The van der Waals surface area contributed by atoms with Crippen LogP contribution in [0.4, 0.5) is 5.69 Å². The third-order valence-electron chi connectivity index (χ3n) is 5.10. The summed E-state index contributed by atoms with van der Waals surface area (Å²) in [6, 6.07) is 5.80. The second-order valence-corrected chi connectivity index (χ2v) is 6.86. The molecule has 0 spiro atoms. The molecule has 24 heavy (non-hydrogen) atoms. The van der Waals surface area contributed by atoms with Gasteiger partial charge in [-0.2, -0.15) is 0 Å². The fourth-order valence-electron chi connectivity index (χ4n) is 3.57. The molecule has 1 atom stereocenters. The number of methoxy groups -OCH3 is 1. The number of aliphatic imine (C=N–C) groups is 1. The van der Waals surface area contributed by atoms with Gasteiger partial charge in [0.15, 0.2) is 11.5 Å². The van der Waals surface area contributed by atoms with Crippen molar-refractivity contribution in [1.29, 1.82) is 0 Å². The van der Waals surface area contributed by atoms with Crippen molar-refractivity contribution in [3.05, 3.63) is 18.2 Å². The third kappa shape index (κ3) is 3.97. The van der Waals surface area contributed by atoms with Crippen LogP contribution in [0.1, 0.15) is 58.3 Å². The maximum absolute atomic E-state index is 11.9. The Morgan fingerprint density at radius 1 is 1.04 bits per heavy atom. The third-order valence-corrected chi connectivity index (χ3v) is 5.10. The largest absolute Gasteiger partial charge is 0.493 e. The number of carbonyl (C=O) groups excluding carboxylic acids is 1. The molecule has 2 aliphatic carbocycles. The highest BCUT2D eigenvalue weighted by atomic mass is 16.5. The van der Waals surface area contributed by atoms with Crippen molar-refractivity contribution in [1.82, 2.24) is 0 Å². The summed E-state index contributed by atoms with van der Waals surface area (Å²) in [6.45, 7) is 1.96. The number of benzene rings is 1. The lowest BCUT2D eigenvalue weighted by molar-refractivity contribution is -0.121. The summed E-state index contributed by atoms with van der Waals surface area (Å²) >= 11 is 0. The Labute approximate surface area is 144 Å². The van der Waals surface area contributed by atoms with Gasteiger partial charge in [-0.1, -0.05) is 13.3 Å². The highest BCUT2D eigenvalue weighted by Gasteiger charge is 2.24. The molecule has 2 aliphatic rings. The second-order valence-electron chi connectivity index (χ2n) is 6.86. The molecule has 0 amide bonds. The number of hydrogen-bond acceptors (Lipinski definition) is 4. The summed E-state index contributed by atoms with van der Waals surface area (Å²) in [7, 11) is 1.66. The van der Waals surface area contributed by atoms with Crippen molar-refractivity contribution in [2.75, 3.05) is 7.11 Å². The summed E-state index contributed by atoms with van der Waals surface area (Å²) in [4.78, 5) is 16.6. The van der Waals surface area contributed by atoms with Crippen LogP contribution in [0.15, 0.2) is 23.2 Å². The zero-order valence-corrected chi connectivity index (χ0v) is 14.7. The van der Waals surface area contributed by atoms with E-state index in [1.807, 2.05) is 25.1 Å². The Bertz CT molecular complexity index is 617. The minimum Gasteiger partial charge on any atom is -0.493 e. The van der Waals surface area contributed by atoms with Crippen LogP contribution >= 0.6 is 0 Å². The van der Waals surface area contributed by atoms with E-state index in [1.54, 1.807) is 7.11 Å². The van der Waals surface area contributed by atoms with Crippen LogP contribution in [0.2, 0.25) is 0 Å². The fraction of sp³-hybridized carbons (Fsp3) is 0.600. The molecule has 2 fully saturated rings. The number of carbonyl (C=O) groups is 1. The van der Waals surface area contributed by atoms with Crippen LogP contribution < -0.4 is 9.47 Å². The standard InChI is InChI=1S/C20H27NO3/c1-14-17(9-6-10-18(14)22)21-15-11-12-19(23-2)20(13-15)24-16-7-4-3-5-8-16/h11-14,16H,3-10H2,1-2H3. The first-order valence-electron chi connectivity index (χ1n) is 9.12. The molecule has 0 aliphatic heterocycles. The van der Waals surface area contributed by atoms with Crippen molar-refractivity contribution in [3.63, 3.8) is 0 Å². The highest BCUT2D eigenvalue weighted by Crippen LogP contribution is 2.35. The lowest BCUT2D eigenvalue weighted by Gasteiger charge is -2.24. The van der Waals surface area contributed by atoms with Crippen molar-refractivity contribution in [3.8, 4) is 11.5 Å². The smallest absolute Gasteiger partial charge is 0.163 e. The molecule has 130 valence electrons. The molecular weight excluding hydrogens is 302 g/mol. The van der Waals surface area contributed by atoms with Gasteiger partial charge in [-0.15, -0.1) is 0 Å². The highest BCUT2D eigenvalue weighted by molar-refractivity contribution is 6.07. The molecule has 0 saturated heterocycles. The summed E-state index contributed by atoms with van der Waals surface area (Å²) in [5.41, 5.74) is 1.83. The maximum Gasteiger partial charge on any atom is 0.163 e. The number of rotatable bonds is 4. The maximum atomic E-state index is 11.9. The van der Waals surface area contributed by atoms with E-state index >= 15 is 0 Å². The van der Waals surface area contributed by atoms with Crippen LogP contribution in [0.25, 0.3) is 0 Å². The predicted octanol–water partition coefficient (Wildman–Crippen LogP) is 4.87. The summed E-state index contributed by atoms with van der Waals surface area (Å²) in [5.74, 6) is 1.74. The number of ether oxygens (including phenoxy) is 2. The molecule has 1 aromatic rings. The van der Waals surface area contributed by atoms with Gasteiger partial charge < -0.3 is 9.47 Å². The van der Waals surface area contributed by atoms with E-state index in [1.165, 1.54) is 19.3 Å². The lowest BCUT2D eigenvalue weighted by atomic mass is 9.87. The molecule has 0 aromatic heterocycles. The van der Waals surface area contributed by atoms with Gasteiger partial charge in [0.2, 0.25) is 0 Å². The van der Waals surface area contributed by atoms with Gasteiger partial charge in [0.1, 0.15) is 5.78 Å². The molecule has 0 radical (unpaired) electrons. The quantitative estimate of drug-likeness (QED) is 0.792. The molecule has 3 rings (SSSR count). The fourth-order valence-corrected chi connectivity index (χ4v) is 3.57. The first kappa shape index (κ1) is 17.0. The summed E-state index contributed by atoms with van der Waals surface area (Å²) in [6.07, 6.45) is 8.73. The van der Waals surface area contributed by atoms with Crippen LogP contribution in [-0.2, 0) is 4.79 Å². The van der Waals surface area contributed by atoms with Gasteiger partial charge in [0, 0.05) is 18.2 Å². The molecule has 0 bridgehead atoms. The number of hydrogen-bond donors (Lipinski definition) is 0. The van der Waals surface area contributed by atoms with Crippen molar-refractivity contribution in [2.45, 2.75) is 64.4 Å². The van der Waals surface area contributed by atoms with Gasteiger partial charge in [-0.3, -0.25) is 9.79 Å². The minimum atomic E-state index is -0.0661. The average molecular weight is 329 g/mol. The molecular formula is C20H27NO3. The van der Waals surface area contributed by atoms with Crippen LogP contribution in [0.5, 0.6) is 11.5 Å². The molecule has 2 saturated carbocycles. The number of Topliss-reactive ketones (excluding diaryl/α,β-unsaturated/α-hetero) is 1. The van der Waals surface area contributed by atoms with Gasteiger partial charge in [-0.05, 0) is 50.7 Å². The second kappa shape index (κ2) is 7.82. The van der Waals surface area contributed by atoms with E-state index in [2.05, 4.69) is 0 Å². The van der Waals surface area contributed by atoms with Gasteiger partial charge in [0.25, 0.3) is 0 Å². The first-order valence-corrected chi connectivity index (χ1v) is 9.12. The lowest BCUT2D eigenvalue weighted by Crippen LogP contribution is -2.25. The Hall–Kier alpha value is -1.84. The van der Waals surface area contributed by atoms with Gasteiger partial charge in [-0.25, -0.2) is 0 Å². The van der Waals surface area contributed by atoms with Crippen molar-refractivity contribution in [2.24, 2.45) is 10.9 Å². The molecule has 4 nitrogen and oxygen atoms in total. The van der Waals surface area contributed by atoms with Crippen molar-refractivity contribution < 1.29 is 14.3 Å². The number of ketones is 1.